The molecule has 21 heavy (non-hydrogen) atoms. The lowest BCUT2D eigenvalue weighted by molar-refractivity contribution is 0.0487. The highest BCUT2D eigenvalue weighted by molar-refractivity contribution is 5.87. The number of hydrogen-bond acceptors (Lipinski definition) is 5. The van der Waals surface area contributed by atoms with Crippen LogP contribution in [-0.4, -0.2) is 6.21 Å². The summed E-state index contributed by atoms with van der Waals surface area (Å²) in [5.41, 5.74) is 12.2. The monoisotopic (exact) mass is 279 g/mol. The number of rotatable bonds is 1. The van der Waals surface area contributed by atoms with E-state index in [1.165, 1.54) is 0 Å². The Hall–Kier alpha value is -2.95. The SMILES string of the molecule is Nc1ccc(C2Oc3cc4c(cc3O2)C=NNC=C4)cc1. The number of hydrogen-bond donors (Lipinski definition) is 2. The fraction of sp³-hybridized carbons (Fsp3) is 0.0625. The van der Waals surface area contributed by atoms with Gasteiger partial charge in [0.15, 0.2) is 11.5 Å². The van der Waals surface area contributed by atoms with Gasteiger partial charge < -0.3 is 15.2 Å². The topological polar surface area (TPSA) is 68.9 Å². The van der Waals surface area contributed by atoms with Crippen LogP contribution in [-0.2, 0) is 0 Å². The Morgan fingerprint density at radius 1 is 1.00 bits per heavy atom. The van der Waals surface area contributed by atoms with Crippen molar-refractivity contribution in [2.24, 2.45) is 5.10 Å². The predicted octanol–water partition coefficient (Wildman–Crippen LogP) is 2.65. The smallest absolute Gasteiger partial charge is 0.267 e. The van der Waals surface area contributed by atoms with E-state index in [-0.39, 0.29) is 0 Å². The van der Waals surface area contributed by atoms with Crippen molar-refractivity contribution in [2.45, 2.75) is 6.29 Å². The molecule has 2 aliphatic heterocycles. The second-order valence-electron chi connectivity index (χ2n) is 4.88. The largest absolute Gasteiger partial charge is 0.447 e. The summed E-state index contributed by atoms with van der Waals surface area (Å²) in [5.74, 6) is 1.45. The van der Waals surface area contributed by atoms with Gasteiger partial charge >= 0.3 is 0 Å². The zero-order valence-corrected chi connectivity index (χ0v) is 11.1. The molecule has 2 aromatic rings. The first-order valence-electron chi connectivity index (χ1n) is 6.61. The van der Waals surface area contributed by atoms with Gasteiger partial charge in [-0.05, 0) is 48.0 Å². The van der Waals surface area contributed by atoms with E-state index in [2.05, 4.69) is 10.5 Å². The van der Waals surface area contributed by atoms with E-state index in [1.807, 2.05) is 42.5 Å². The number of ether oxygens (including phenoxy) is 2. The number of nitrogen functional groups attached to an aromatic ring is 1. The molecule has 104 valence electrons. The van der Waals surface area contributed by atoms with Crippen molar-refractivity contribution >= 4 is 18.0 Å². The van der Waals surface area contributed by atoms with E-state index >= 15 is 0 Å². The van der Waals surface area contributed by atoms with Gasteiger partial charge in [-0.3, -0.25) is 5.43 Å². The summed E-state index contributed by atoms with van der Waals surface area (Å²) < 4.78 is 11.7. The standard InChI is InChI=1S/C16H13N3O2/c17-13-3-1-10(2-4-13)16-20-14-7-11-5-6-18-19-9-12(11)8-15(14)21-16/h1-9,16,18H,17H2. The second kappa shape index (κ2) is 4.56. The predicted molar refractivity (Wildman–Crippen MR) is 81.1 cm³/mol. The maximum absolute atomic E-state index is 5.88. The van der Waals surface area contributed by atoms with Crippen molar-refractivity contribution < 1.29 is 9.47 Å². The van der Waals surface area contributed by atoms with Crippen molar-refractivity contribution in [1.29, 1.82) is 0 Å². The van der Waals surface area contributed by atoms with Crippen LogP contribution in [0.25, 0.3) is 6.08 Å². The lowest BCUT2D eigenvalue weighted by atomic mass is 10.1. The molecule has 2 aliphatic rings. The first-order chi connectivity index (χ1) is 10.3. The van der Waals surface area contributed by atoms with Crippen molar-refractivity contribution in [3.05, 3.63) is 59.3 Å². The highest BCUT2D eigenvalue weighted by Crippen LogP contribution is 2.42. The maximum Gasteiger partial charge on any atom is 0.267 e. The van der Waals surface area contributed by atoms with Crippen molar-refractivity contribution in [3.8, 4) is 11.5 Å². The molecule has 0 bridgehead atoms. The third-order valence-corrected chi connectivity index (χ3v) is 3.44. The Bertz CT molecular complexity index is 710. The minimum Gasteiger partial charge on any atom is -0.447 e. The first-order valence-corrected chi connectivity index (χ1v) is 6.61. The third-order valence-electron chi connectivity index (χ3n) is 3.44. The fourth-order valence-corrected chi connectivity index (χ4v) is 2.35. The Morgan fingerprint density at radius 3 is 2.48 bits per heavy atom. The number of fused-ring (bicyclic) bond motifs is 2. The summed E-state index contributed by atoms with van der Waals surface area (Å²) in [5, 5.41) is 4.05. The zero-order chi connectivity index (χ0) is 14.2. The number of nitrogens with zero attached hydrogens (tertiary/aromatic N) is 1. The Labute approximate surface area is 121 Å². The second-order valence-corrected chi connectivity index (χ2v) is 4.88. The highest BCUT2D eigenvalue weighted by Gasteiger charge is 2.27. The van der Waals surface area contributed by atoms with E-state index in [9.17, 15) is 0 Å². The zero-order valence-electron chi connectivity index (χ0n) is 11.1. The molecule has 5 heteroatoms. The molecule has 0 saturated heterocycles. The highest BCUT2D eigenvalue weighted by atomic mass is 16.7. The minimum atomic E-state index is -0.439. The summed E-state index contributed by atoms with van der Waals surface area (Å²) >= 11 is 0. The molecule has 0 fully saturated rings. The molecule has 0 saturated carbocycles. The van der Waals surface area contributed by atoms with E-state index in [0.717, 1.165) is 33.9 Å². The van der Waals surface area contributed by atoms with Gasteiger partial charge in [0.05, 0.1) is 6.21 Å². The lowest BCUT2D eigenvalue weighted by Crippen LogP contribution is -2.07. The summed E-state index contributed by atoms with van der Waals surface area (Å²) in [6.45, 7) is 0. The number of hydrazone groups is 1. The molecule has 1 atom stereocenters. The van der Waals surface area contributed by atoms with Crippen molar-refractivity contribution in [2.75, 3.05) is 5.73 Å². The van der Waals surface area contributed by atoms with Crippen LogP contribution < -0.4 is 20.6 Å². The van der Waals surface area contributed by atoms with E-state index < -0.39 is 6.29 Å². The van der Waals surface area contributed by atoms with Crippen LogP contribution in [0.2, 0.25) is 0 Å². The van der Waals surface area contributed by atoms with E-state index in [1.54, 1.807) is 12.4 Å². The first kappa shape index (κ1) is 11.8. The number of benzene rings is 2. The van der Waals surface area contributed by atoms with Crippen LogP contribution in [0.15, 0.2) is 47.7 Å². The number of nitrogens with one attached hydrogen (secondary N) is 1. The average molecular weight is 279 g/mol. The van der Waals surface area contributed by atoms with E-state index in [0.29, 0.717) is 0 Å². The van der Waals surface area contributed by atoms with Crippen molar-refractivity contribution in [1.82, 2.24) is 5.43 Å². The van der Waals surface area contributed by atoms with Gasteiger partial charge in [-0.1, -0.05) is 0 Å². The van der Waals surface area contributed by atoms with Crippen LogP contribution >= 0.6 is 0 Å². The molecule has 0 aliphatic carbocycles. The van der Waals surface area contributed by atoms with Gasteiger partial charge in [-0.2, -0.15) is 5.10 Å². The van der Waals surface area contributed by atoms with E-state index in [4.69, 9.17) is 15.2 Å². The molecule has 2 heterocycles. The molecule has 0 spiro atoms. The lowest BCUT2D eigenvalue weighted by Gasteiger charge is -2.10. The molecule has 3 N–H and O–H groups in total. The quantitative estimate of drug-likeness (QED) is 0.787. The van der Waals surface area contributed by atoms with Crippen molar-refractivity contribution in [3.63, 3.8) is 0 Å². The van der Waals surface area contributed by atoms with Crippen LogP contribution in [0, 0.1) is 0 Å². The molecule has 0 radical (unpaired) electrons. The normalized spacial score (nSPS) is 18.0. The van der Waals surface area contributed by atoms with Crippen LogP contribution in [0.4, 0.5) is 5.69 Å². The van der Waals surface area contributed by atoms with Gasteiger partial charge in [0.25, 0.3) is 6.29 Å². The molecule has 0 aromatic heterocycles. The van der Waals surface area contributed by atoms with Gasteiger partial charge in [-0.15, -0.1) is 0 Å². The van der Waals surface area contributed by atoms with Gasteiger partial charge in [0.1, 0.15) is 0 Å². The van der Waals surface area contributed by atoms with Crippen LogP contribution in [0.3, 0.4) is 0 Å². The molecule has 4 rings (SSSR count). The number of anilines is 1. The molecule has 5 nitrogen and oxygen atoms in total. The summed E-state index contributed by atoms with van der Waals surface area (Å²) in [4.78, 5) is 0. The van der Waals surface area contributed by atoms with Gasteiger partial charge in [0.2, 0.25) is 0 Å². The molecular weight excluding hydrogens is 266 g/mol. The number of nitrogens with two attached hydrogens (primary N) is 1. The summed E-state index contributed by atoms with van der Waals surface area (Å²) in [7, 11) is 0. The molecule has 1 unspecified atom stereocenters. The van der Waals surface area contributed by atoms with Crippen LogP contribution in [0.5, 0.6) is 11.5 Å². The minimum absolute atomic E-state index is 0.439. The molecular formula is C16H13N3O2. The Kier molecular flexibility index (Phi) is 2.57. The fourth-order valence-electron chi connectivity index (χ4n) is 2.35. The van der Waals surface area contributed by atoms with Gasteiger partial charge in [0, 0.05) is 23.0 Å². The van der Waals surface area contributed by atoms with Gasteiger partial charge in [-0.25, -0.2) is 0 Å². The Balaban J connectivity index is 1.68. The Morgan fingerprint density at radius 2 is 1.71 bits per heavy atom. The third kappa shape index (κ3) is 2.08. The van der Waals surface area contributed by atoms with Crippen LogP contribution in [0.1, 0.15) is 23.0 Å². The summed E-state index contributed by atoms with van der Waals surface area (Å²) in [6.07, 6.45) is 5.05. The molecule has 2 aromatic carbocycles. The maximum atomic E-state index is 5.88. The molecule has 0 amide bonds. The summed E-state index contributed by atoms with van der Waals surface area (Å²) in [6, 6.07) is 11.4. The average Bonchev–Trinajstić information content (AvgIpc) is 2.76.